The van der Waals surface area contributed by atoms with Crippen LogP contribution in [0.2, 0.25) is 0 Å². The Morgan fingerprint density at radius 3 is 1.75 bits per heavy atom. The summed E-state index contributed by atoms with van der Waals surface area (Å²) >= 11 is 0. The van der Waals surface area contributed by atoms with Crippen LogP contribution in [0, 0.1) is 0 Å². The van der Waals surface area contributed by atoms with E-state index in [9.17, 15) is 13.2 Å². The second kappa shape index (κ2) is 4.13. The second-order valence-corrected chi connectivity index (χ2v) is 6.84. The molecule has 0 aliphatic rings. The molecule has 0 heterocycles. The summed E-state index contributed by atoms with van der Waals surface area (Å²) in [5.41, 5.74) is 0. The van der Waals surface area contributed by atoms with Crippen LogP contribution in [0.4, 0.5) is 13.2 Å². The van der Waals surface area contributed by atoms with Gasteiger partial charge < -0.3 is 0 Å². The molecular weight excluding hydrogens is 205 g/mol. The Hall–Kier alpha value is 0.490. The van der Waals surface area contributed by atoms with Crippen molar-refractivity contribution in [2.24, 2.45) is 0 Å². The van der Waals surface area contributed by atoms with Gasteiger partial charge in [-0.1, -0.05) is 42.4 Å². The Morgan fingerprint density at radius 2 is 1.50 bits per heavy atom. The van der Waals surface area contributed by atoms with Crippen molar-refractivity contribution in [2.75, 3.05) is 0 Å². The van der Waals surface area contributed by atoms with Gasteiger partial charge in [0.15, 0.2) is 0 Å². The van der Waals surface area contributed by atoms with Gasteiger partial charge in [0.2, 0.25) is 0 Å². The molecule has 0 aromatic rings. The number of alkyl halides is 3. The van der Waals surface area contributed by atoms with E-state index in [1.165, 1.54) is 17.7 Å². The van der Waals surface area contributed by atoms with Crippen LogP contribution < -0.4 is 0 Å². The van der Waals surface area contributed by atoms with Gasteiger partial charge in [-0.25, -0.2) is 0 Å². The molecule has 0 fully saturated rings. The van der Waals surface area contributed by atoms with Crippen LogP contribution in [0.15, 0.2) is 0 Å². The average Bonchev–Trinajstić information content (AvgIpc) is 1.78. The Bertz CT molecular complexity index is 137. The fourth-order valence-corrected chi connectivity index (χ4v) is 2.44. The molecule has 0 spiro atoms. The van der Waals surface area contributed by atoms with Crippen LogP contribution in [0.3, 0.4) is 0 Å². The van der Waals surface area contributed by atoms with Gasteiger partial charge in [-0.05, 0) is 6.92 Å². The summed E-state index contributed by atoms with van der Waals surface area (Å²) in [6.45, 7) is 6.87. The second-order valence-electron chi connectivity index (χ2n) is 3.48. The zero-order chi connectivity index (χ0) is 9.99. The van der Waals surface area contributed by atoms with Gasteiger partial charge in [-0.15, -0.1) is 0 Å². The molecule has 0 aromatic carbocycles. The third kappa shape index (κ3) is 6.06. The van der Waals surface area contributed by atoms with Crippen LogP contribution in [0.1, 0.15) is 27.7 Å². The molecule has 0 N–H and O–H groups in total. The predicted octanol–water partition coefficient (Wildman–Crippen LogP) is 4.12. The van der Waals surface area contributed by atoms with Crippen molar-refractivity contribution in [3.8, 4) is 0 Å². The fourth-order valence-electron chi connectivity index (χ4n) is 0.271. The van der Waals surface area contributed by atoms with Gasteiger partial charge in [0.1, 0.15) is 5.25 Å². The molecule has 5 heteroatoms. The van der Waals surface area contributed by atoms with E-state index in [2.05, 4.69) is 0 Å². The summed E-state index contributed by atoms with van der Waals surface area (Å²) in [4.78, 5) is 0. The Morgan fingerprint density at radius 1 is 1.08 bits per heavy atom. The highest BCUT2D eigenvalue weighted by Crippen LogP contribution is 2.43. The number of hydrogen-bond donors (Lipinski definition) is 0. The highest BCUT2D eigenvalue weighted by molar-refractivity contribution is 8.77. The number of halogens is 3. The minimum Gasteiger partial charge on any atom is -0.170 e. The zero-order valence-corrected chi connectivity index (χ0v) is 9.16. The van der Waals surface area contributed by atoms with E-state index in [1.54, 1.807) is 0 Å². The largest absolute Gasteiger partial charge is 0.401 e. The van der Waals surface area contributed by atoms with Gasteiger partial charge >= 0.3 is 6.18 Å². The highest BCUT2D eigenvalue weighted by Gasteiger charge is 2.37. The maximum absolute atomic E-state index is 12.0. The number of hydrogen-bond acceptors (Lipinski definition) is 2. The predicted molar refractivity (Wildman–Crippen MR) is 50.5 cm³/mol. The van der Waals surface area contributed by atoms with Crippen molar-refractivity contribution in [1.82, 2.24) is 0 Å². The first kappa shape index (κ1) is 12.5. The molecule has 0 aliphatic heterocycles. The smallest absolute Gasteiger partial charge is 0.170 e. The molecule has 0 amide bonds. The van der Waals surface area contributed by atoms with E-state index < -0.39 is 11.4 Å². The number of rotatable bonds is 2. The third-order valence-electron chi connectivity index (χ3n) is 0.903. The van der Waals surface area contributed by atoms with E-state index in [0.29, 0.717) is 0 Å². The topological polar surface area (TPSA) is 0 Å². The first-order valence-corrected chi connectivity index (χ1v) is 5.75. The Kier molecular flexibility index (Phi) is 4.30. The van der Waals surface area contributed by atoms with E-state index in [1.807, 2.05) is 20.8 Å². The molecule has 0 aliphatic carbocycles. The first-order valence-electron chi connectivity index (χ1n) is 3.54. The molecule has 74 valence electrons. The van der Waals surface area contributed by atoms with E-state index in [0.717, 1.165) is 10.8 Å². The van der Waals surface area contributed by atoms with Gasteiger partial charge in [0.25, 0.3) is 0 Å². The SMILES string of the molecule is CC(SSC(C)(C)C)C(F)(F)F. The molecular formula is C7H13F3S2. The minimum atomic E-state index is -4.08. The molecule has 12 heavy (non-hydrogen) atoms. The van der Waals surface area contributed by atoms with E-state index in [-0.39, 0.29) is 4.75 Å². The summed E-state index contributed by atoms with van der Waals surface area (Å²) in [6, 6.07) is 0. The monoisotopic (exact) mass is 218 g/mol. The third-order valence-corrected chi connectivity index (χ3v) is 4.71. The molecule has 0 radical (unpaired) electrons. The van der Waals surface area contributed by atoms with Crippen LogP contribution >= 0.6 is 21.6 Å². The summed E-state index contributed by atoms with van der Waals surface area (Å²) in [6.07, 6.45) is -4.08. The lowest BCUT2D eigenvalue weighted by molar-refractivity contribution is -0.124. The summed E-state index contributed by atoms with van der Waals surface area (Å²) < 4.78 is 35.8. The maximum atomic E-state index is 12.0. The molecule has 0 nitrogen and oxygen atoms in total. The van der Waals surface area contributed by atoms with Gasteiger partial charge in [0.05, 0.1) is 0 Å². The molecule has 0 rings (SSSR count). The summed E-state index contributed by atoms with van der Waals surface area (Å²) in [7, 11) is 2.15. The molecule has 0 bridgehead atoms. The maximum Gasteiger partial charge on any atom is 0.401 e. The lowest BCUT2D eigenvalue weighted by atomic mass is 10.3. The average molecular weight is 218 g/mol. The summed E-state index contributed by atoms with van der Waals surface area (Å²) in [5, 5.41) is -1.29. The zero-order valence-electron chi connectivity index (χ0n) is 7.53. The van der Waals surface area contributed by atoms with Crippen LogP contribution in [-0.2, 0) is 0 Å². The fraction of sp³-hybridized carbons (Fsp3) is 1.00. The Labute approximate surface area is 79.1 Å². The molecule has 0 saturated heterocycles. The Balaban J connectivity index is 3.80. The molecule has 1 unspecified atom stereocenters. The van der Waals surface area contributed by atoms with Crippen molar-refractivity contribution in [2.45, 2.75) is 43.9 Å². The van der Waals surface area contributed by atoms with Crippen LogP contribution in [0.5, 0.6) is 0 Å². The summed E-state index contributed by atoms with van der Waals surface area (Å²) in [5.74, 6) is 0. The van der Waals surface area contributed by atoms with Crippen molar-refractivity contribution >= 4 is 21.6 Å². The van der Waals surface area contributed by atoms with Crippen molar-refractivity contribution < 1.29 is 13.2 Å². The lowest BCUT2D eigenvalue weighted by Crippen LogP contribution is -2.22. The first-order chi connectivity index (χ1) is 5.13. The van der Waals surface area contributed by atoms with Crippen molar-refractivity contribution in [3.05, 3.63) is 0 Å². The van der Waals surface area contributed by atoms with E-state index >= 15 is 0 Å². The minimum absolute atomic E-state index is 0.121. The normalized spacial score (nSPS) is 16.2. The molecule has 0 saturated carbocycles. The van der Waals surface area contributed by atoms with Crippen molar-refractivity contribution in [1.29, 1.82) is 0 Å². The van der Waals surface area contributed by atoms with E-state index in [4.69, 9.17) is 0 Å². The lowest BCUT2D eigenvalue weighted by Gasteiger charge is -2.20. The highest BCUT2D eigenvalue weighted by atomic mass is 33.1. The van der Waals surface area contributed by atoms with Crippen LogP contribution in [0.25, 0.3) is 0 Å². The van der Waals surface area contributed by atoms with Gasteiger partial charge in [-0.2, -0.15) is 13.2 Å². The van der Waals surface area contributed by atoms with Crippen molar-refractivity contribution in [3.63, 3.8) is 0 Å². The van der Waals surface area contributed by atoms with Gasteiger partial charge in [-0.3, -0.25) is 0 Å². The quantitative estimate of drug-likeness (QED) is 0.639. The molecule has 0 aromatic heterocycles. The van der Waals surface area contributed by atoms with Gasteiger partial charge in [0, 0.05) is 4.75 Å². The standard InChI is InChI=1S/C7H13F3S2/c1-5(7(8,9)10)11-12-6(2,3)4/h5H,1-4H3. The molecule has 1 atom stereocenters. The van der Waals surface area contributed by atoms with Crippen LogP contribution in [-0.4, -0.2) is 16.2 Å².